The summed E-state index contributed by atoms with van der Waals surface area (Å²) in [6.45, 7) is 1.81. The monoisotopic (exact) mass is 293 g/mol. The van der Waals surface area contributed by atoms with Gasteiger partial charge >= 0.3 is 0 Å². The maximum absolute atomic E-state index is 10.7. The van der Waals surface area contributed by atoms with E-state index >= 15 is 0 Å². The highest BCUT2D eigenvalue weighted by molar-refractivity contribution is 9.10. The van der Waals surface area contributed by atoms with Crippen molar-refractivity contribution < 1.29 is 18.1 Å². The SMILES string of the molecule is CCc1c(Br)cccc1C(O)S(=O)(=O)[O-]. The van der Waals surface area contributed by atoms with Crippen molar-refractivity contribution in [2.75, 3.05) is 0 Å². The molecule has 0 amide bonds. The van der Waals surface area contributed by atoms with E-state index in [4.69, 9.17) is 0 Å². The second kappa shape index (κ2) is 4.61. The Hall–Kier alpha value is -0.430. The van der Waals surface area contributed by atoms with Gasteiger partial charge in [0.1, 0.15) is 10.1 Å². The lowest BCUT2D eigenvalue weighted by Crippen LogP contribution is -2.13. The molecule has 4 nitrogen and oxygen atoms in total. The fourth-order valence-electron chi connectivity index (χ4n) is 1.34. The summed E-state index contributed by atoms with van der Waals surface area (Å²) < 4.78 is 32.8. The molecule has 84 valence electrons. The standard InChI is InChI=1S/C9H11BrO4S/c1-2-6-7(4-3-5-8(6)10)9(11)15(12,13)14/h3-5,9,11H,2H2,1H3,(H,12,13,14)/p-1. The van der Waals surface area contributed by atoms with Gasteiger partial charge in [-0.05, 0) is 23.6 Å². The Morgan fingerprint density at radius 1 is 1.53 bits per heavy atom. The molecule has 0 aliphatic carbocycles. The molecule has 0 saturated heterocycles. The lowest BCUT2D eigenvalue weighted by Gasteiger charge is -2.18. The van der Waals surface area contributed by atoms with Crippen molar-refractivity contribution in [2.45, 2.75) is 18.8 Å². The summed E-state index contributed by atoms with van der Waals surface area (Å²) >= 11 is 3.23. The fourth-order valence-corrected chi connectivity index (χ4v) is 2.53. The number of aliphatic hydroxyl groups excluding tert-OH is 1. The number of hydrogen-bond donors (Lipinski definition) is 1. The largest absolute Gasteiger partial charge is 0.746 e. The molecule has 1 aromatic carbocycles. The molecule has 1 rings (SSSR count). The molecule has 0 fully saturated rings. The number of halogens is 1. The van der Waals surface area contributed by atoms with Crippen molar-refractivity contribution in [3.05, 3.63) is 33.8 Å². The van der Waals surface area contributed by atoms with E-state index in [0.717, 1.165) is 0 Å². The van der Waals surface area contributed by atoms with Crippen LogP contribution in [0, 0.1) is 0 Å². The molecule has 0 bridgehead atoms. The summed E-state index contributed by atoms with van der Waals surface area (Å²) in [4.78, 5) is 0. The Balaban J connectivity index is 3.32. The molecule has 1 atom stereocenters. The van der Waals surface area contributed by atoms with Crippen molar-refractivity contribution in [2.24, 2.45) is 0 Å². The van der Waals surface area contributed by atoms with Crippen LogP contribution in [0.5, 0.6) is 0 Å². The van der Waals surface area contributed by atoms with Crippen molar-refractivity contribution in [1.82, 2.24) is 0 Å². The molecule has 0 aromatic heterocycles. The molecule has 1 aromatic rings. The van der Waals surface area contributed by atoms with Crippen LogP contribution in [0.25, 0.3) is 0 Å². The lowest BCUT2D eigenvalue weighted by atomic mass is 10.1. The summed E-state index contributed by atoms with van der Waals surface area (Å²) in [6.07, 6.45) is 0.531. The van der Waals surface area contributed by atoms with E-state index in [-0.39, 0.29) is 5.56 Å². The number of benzene rings is 1. The molecule has 1 unspecified atom stereocenters. The van der Waals surface area contributed by atoms with E-state index in [2.05, 4.69) is 15.9 Å². The van der Waals surface area contributed by atoms with Gasteiger partial charge in [0.05, 0.1) is 0 Å². The van der Waals surface area contributed by atoms with Gasteiger partial charge in [-0.25, -0.2) is 8.42 Å². The first-order chi connectivity index (χ1) is 6.88. The third-order valence-electron chi connectivity index (χ3n) is 2.05. The topological polar surface area (TPSA) is 77.4 Å². The van der Waals surface area contributed by atoms with Crippen LogP contribution in [0.4, 0.5) is 0 Å². The van der Waals surface area contributed by atoms with Gasteiger partial charge in [-0.15, -0.1) is 0 Å². The minimum Gasteiger partial charge on any atom is -0.746 e. The minimum atomic E-state index is -4.72. The molecule has 0 saturated carbocycles. The van der Waals surface area contributed by atoms with Crippen LogP contribution in [0.15, 0.2) is 22.7 Å². The molecule has 6 heteroatoms. The molecular weight excluding hydrogens is 284 g/mol. The Morgan fingerprint density at radius 2 is 2.13 bits per heavy atom. The fraction of sp³-hybridized carbons (Fsp3) is 0.333. The van der Waals surface area contributed by atoms with Crippen molar-refractivity contribution in [3.8, 4) is 0 Å². The van der Waals surface area contributed by atoms with Gasteiger partial charge in [0.15, 0.2) is 5.44 Å². The molecule has 0 aliphatic rings. The number of aliphatic hydroxyl groups is 1. The van der Waals surface area contributed by atoms with Gasteiger partial charge in [-0.3, -0.25) is 0 Å². The van der Waals surface area contributed by atoms with Gasteiger partial charge in [-0.2, -0.15) is 0 Å². The quantitative estimate of drug-likeness (QED) is 0.858. The second-order valence-corrected chi connectivity index (χ2v) is 5.29. The highest BCUT2D eigenvalue weighted by Crippen LogP contribution is 2.28. The zero-order valence-corrected chi connectivity index (χ0v) is 10.4. The lowest BCUT2D eigenvalue weighted by molar-refractivity contribution is 0.235. The normalized spacial score (nSPS) is 13.9. The predicted molar refractivity (Wildman–Crippen MR) is 58.2 cm³/mol. The Labute approximate surface area is 96.8 Å². The maximum atomic E-state index is 10.7. The molecular formula is C9H10BrO4S-. The van der Waals surface area contributed by atoms with E-state index in [1.165, 1.54) is 6.07 Å². The van der Waals surface area contributed by atoms with Crippen LogP contribution in [0.2, 0.25) is 0 Å². The first-order valence-electron chi connectivity index (χ1n) is 4.28. The van der Waals surface area contributed by atoms with Gasteiger partial charge in [-0.1, -0.05) is 35.0 Å². The summed E-state index contributed by atoms with van der Waals surface area (Å²) in [5, 5.41) is 9.37. The molecule has 0 spiro atoms. The van der Waals surface area contributed by atoms with Crippen molar-refractivity contribution in [1.29, 1.82) is 0 Å². The third-order valence-corrected chi connectivity index (χ3v) is 3.59. The molecule has 0 heterocycles. The van der Waals surface area contributed by atoms with Gasteiger partial charge in [0, 0.05) is 4.47 Å². The van der Waals surface area contributed by atoms with E-state index in [1.54, 1.807) is 12.1 Å². The summed E-state index contributed by atoms with van der Waals surface area (Å²) in [5.41, 5.74) is -1.23. The highest BCUT2D eigenvalue weighted by Gasteiger charge is 2.18. The smallest absolute Gasteiger partial charge is 0.169 e. The molecule has 0 radical (unpaired) electrons. The zero-order chi connectivity index (χ0) is 11.6. The Bertz CT molecular complexity index is 455. The second-order valence-electron chi connectivity index (χ2n) is 3.01. The van der Waals surface area contributed by atoms with E-state index in [9.17, 15) is 18.1 Å². The molecule has 0 aliphatic heterocycles. The van der Waals surface area contributed by atoms with Crippen LogP contribution >= 0.6 is 15.9 Å². The van der Waals surface area contributed by atoms with Crippen LogP contribution in [-0.4, -0.2) is 18.1 Å². The highest BCUT2D eigenvalue weighted by atomic mass is 79.9. The first-order valence-corrected chi connectivity index (χ1v) is 6.54. The predicted octanol–water partition coefficient (Wildman–Crippen LogP) is 1.55. The Morgan fingerprint density at radius 3 is 2.60 bits per heavy atom. The van der Waals surface area contributed by atoms with Crippen molar-refractivity contribution in [3.63, 3.8) is 0 Å². The minimum absolute atomic E-state index is 0.141. The maximum Gasteiger partial charge on any atom is 0.169 e. The first kappa shape index (κ1) is 12.6. The van der Waals surface area contributed by atoms with Crippen molar-refractivity contribution >= 4 is 26.0 Å². The van der Waals surface area contributed by atoms with Gasteiger partial charge < -0.3 is 9.66 Å². The Kier molecular flexibility index (Phi) is 3.88. The van der Waals surface area contributed by atoms with Crippen LogP contribution in [-0.2, 0) is 16.5 Å². The zero-order valence-electron chi connectivity index (χ0n) is 7.97. The number of hydrogen-bond acceptors (Lipinski definition) is 4. The summed E-state index contributed by atoms with van der Waals surface area (Å²) in [5.74, 6) is 0. The summed E-state index contributed by atoms with van der Waals surface area (Å²) in [6, 6.07) is 4.74. The van der Waals surface area contributed by atoms with Crippen LogP contribution < -0.4 is 0 Å². The molecule has 15 heavy (non-hydrogen) atoms. The third kappa shape index (κ3) is 2.78. The average Bonchev–Trinajstić information content (AvgIpc) is 2.14. The van der Waals surface area contributed by atoms with E-state index in [0.29, 0.717) is 16.5 Å². The number of rotatable bonds is 3. The van der Waals surface area contributed by atoms with Gasteiger partial charge in [0.2, 0.25) is 0 Å². The molecule has 1 N–H and O–H groups in total. The van der Waals surface area contributed by atoms with E-state index in [1.807, 2.05) is 6.92 Å². The van der Waals surface area contributed by atoms with Gasteiger partial charge in [0.25, 0.3) is 0 Å². The van der Waals surface area contributed by atoms with Crippen LogP contribution in [0.3, 0.4) is 0 Å². The van der Waals surface area contributed by atoms with E-state index < -0.39 is 15.6 Å². The average molecular weight is 294 g/mol. The van der Waals surface area contributed by atoms with Crippen LogP contribution in [0.1, 0.15) is 23.5 Å². The summed E-state index contributed by atoms with van der Waals surface area (Å²) in [7, 11) is -4.72.